The van der Waals surface area contributed by atoms with Gasteiger partial charge in [-0.1, -0.05) is 35.5 Å². The number of aliphatic hydroxyl groups excluding tert-OH is 1. The molecule has 0 radical (unpaired) electrons. The van der Waals surface area contributed by atoms with Gasteiger partial charge < -0.3 is 15.7 Å². The second kappa shape index (κ2) is 4.13. The van der Waals surface area contributed by atoms with Crippen LogP contribution >= 0.6 is 0 Å². The molecule has 1 saturated carbocycles. The van der Waals surface area contributed by atoms with Crippen LogP contribution in [-0.2, 0) is 4.84 Å². The van der Waals surface area contributed by atoms with Crippen LogP contribution in [0.4, 0.5) is 0 Å². The first-order chi connectivity index (χ1) is 8.27. The molecule has 3 rings (SSSR count). The summed E-state index contributed by atoms with van der Waals surface area (Å²) in [6.45, 7) is 0. The third-order valence-corrected chi connectivity index (χ3v) is 3.64. The van der Waals surface area contributed by atoms with Crippen molar-refractivity contribution in [3.8, 4) is 0 Å². The lowest BCUT2D eigenvalue weighted by Gasteiger charge is -2.33. The zero-order valence-electron chi connectivity index (χ0n) is 9.49. The number of nitrogens with two attached hydrogens (primary N) is 1. The smallest absolute Gasteiger partial charge is 0.153 e. The van der Waals surface area contributed by atoms with E-state index >= 15 is 0 Å². The van der Waals surface area contributed by atoms with Crippen molar-refractivity contribution in [3.63, 3.8) is 0 Å². The van der Waals surface area contributed by atoms with Gasteiger partial charge in [0.1, 0.15) is 0 Å². The van der Waals surface area contributed by atoms with Gasteiger partial charge in [-0.2, -0.15) is 0 Å². The standard InChI is InChI=1S/C13H16N2O2/c14-9-6-7-10(16)11-12(15-17-13(9)11)8-4-2-1-3-5-8/h1-5,9-11,13,16H,6-7,14H2/t9-,10+,11+,13+/m1/s1. The fourth-order valence-electron chi connectivity index (χ4n) is 2.71. The van der Waals surface area contributed by atoms with Gasteiger partial charge in [0.15, 0.2) is 6.10 Å². The van der Waals surface area contributed by atoms with Gasteiger partial charge in [0.05, 0.1) is 17.7 Å². The summed E-state index contributed by atoms with van der Waals surface area (Å²) in [5.74, 6) is -0.0823. The number of aliphatic hydroxyl groups is 1. The molecule has 0 unspecified atom stereocenters. The molecule has 4 nitrogen and oxygen atoms in total. The molecule has 0 saturated heterocycles. The summed E-state index contributed by atoms with van der Waals surface area (Å²) < 4.78 is 0. The van der Waals surface area contributed by atoms with Crippen LogP contribution < -0.4 is 5.73 Å². The minimum atomic E-state index is -0.402. The molecule has 4 atom stereocenters. The molecule has 1 aliphatic carbocycles. The number of hydrogen-bond donors (Lipinski definition) is 2. The Bertz CT molecular complexity index is 432. The summed E-state index contributed by atoms with van der Waals surface area (Å²) in [5, 5.41) is 14.2. The largest absolute Gasteiger partial charge is 0.392 e. The van der Waals surface area contributed by atoms with Crippen molar-refractivity contribution >= 4 is 5.71 Å². The van der Waals surface area contributed by atoms with Crippen molar-refractivity contribution in [2.75, 3.05) is 0 Å². The average molecular weight is 232 g/mol. The van der Waals surface area contributed by atoms with Crippen molar-refractivity contribution in [2.45, 2.75) is 31.1 Å². The van der Waals surface area contributed by atoms with E-state index in [1.807, 2.05) is 30.3 Å². The number of hydrogen-bond acceptors (Lipinski definition) is 4. The van der Waals surface area contributed by atoms with E-state index in [0.717, 1.165) is 24.1 Å². The quantitative estimate of drug-likeness (QED) is 0.755. The molecule has 3 N–H and O–H groups in total. The fourth-order valence-corrected chi connectivity index (χ4v) is 2.71. The summed E-state index contributed by atoms with van der Waals surface area (Å²) in [6.07, 6.45) is 0.938. The van der Waals surface area contributed by atoms with Gasteiger partial charge in [-0.25, -0.2) is 0 Å². The van der Waals surface area contributed by atoms with Crippen LogP contribution in [0.5, 0.6) is 0 Å². The van der Waals surface area contributed by atoms with Crippen LogP contribution in [0, 0.1) is 5.92 Å². The normalized spacial score (nSPS) is 36.0. The topological polar surface area (TPSA) is 67.8 Å². The zero-order valence-corrected chi connectivity index (χ0v) is 9.49. The highest BCUT2D eigenvalue weighted by atomic mass is 16.6. The summed E-state index contributed by atoms with van der Waals surface area (Å²) in [5.41, 5.74) is 7.85. The fraction of sp³-hybridized carbons (Fsp3) is 0.462. The first-order valence-electron chi connectivity index (χ1n) is 6.00. The molecular formula is C13H16N2O2. The molecule has 0 bridgehead atoms. The minimum absolute atomic E-state index is 0.0339. The average Bonchev–Trinajstić information content (AvgIpc) is 2.81. The molecule has 0 aromatic heterocycles. The molecular weight excluding hydrogens is 216 g/mol. The first-order valence-corrected chi connectivity index (χ1v) is 6.00. The van der Waals surface area contributed by atoms with E-state index in [0.29, 0.717) is 0 Å². The van der Waals surface area contributed by atoms with E-state index in [1.165, 1.54) is 0 Å². The predicted molar refractivity (Wildman–Crippen MR) is 64.6 cm³/mol. The lowest BCUT2D eigenvalue weighted by atomic mass is 9.77. The summed E-state index contributed by atoms with van der Waals surface area (Å²) in [7, 11) is 0. The number of fused-ring (bicyclic) bond motifs is 1. The van der Waals surface area contributed by atoms with E-state index in [4.69, 9.17) is 10.6 Å². The Balaban J connectivity index is 1.92. The molecule has 1 heterocycles. The highest BCUT2D eigenvalue weighted by Crippen LogP contribution is 2.34. The maximum atomic E-state index is 10.1. The minimum Gasteiger partial charge on any atom is -0.392 e. The molecule has 90 valence electrons. The Morgan fingerprint density at radius 2 is 2.00 bits per heavy atom. The second-order valence-electron chi connectivity index (χ2n) is 4.75. The van der Waals surface area contributed by atoms with E-state index in [-0.39, 0.29) is 18.1 Å². The van der Waals surface area contributed by atoms with Gasteiger partial charge in [0.2, 0.25) is 0 Å². The Morgan fingerprint density at radius 3 is 2.76 bits per heavy atom. The molecule has 1 aliphatic heterocycles. The van der Waals surface area contributed by atoms with Crippen LogP contribution in [-0.4, -0.2) is 29.1 Å². The SMILES string of the molecule is N[C@@H]1CC[C@H](O)[C@H]2C(c3ccccc3)=NO[C@H]21. The maximum Gasteiger partial charge on any atom is 0.153 e. The van der Waals surface area contributed by atoms with Gasteiger partial charge in [-0.3, -0.25) is 0 Å². The summed E-state index contributed by atoms with van der Waals surface area (Å²) >= 11 is 0. The highest BCUT2D eigenvalue weighted by molar-refractivity contribution is 6.03. The van der Waals surface area contributed by atoms with Crippen LogP contribution in [0.15, 0.2) is 35.5 Å². The van der Waals surface area contributed by atoms with E-state index in [9.17, 15) is 5.11 Å². The van der Waals surface area contributed by atoms with Gasteiger partial charge in [-0.05, 0) is 18.4 Å². The molecule has 0 spiro atoms. The van der Waals surface area contributed by atoms with Crippen molar-refractivity contribution < 1.29 is 9.94 Å². The van der Waals surface area contributed by atoms with Crippen LogP contribution in [0.2, 0.25) is 0 Å². The van der Waals surface area contributed by atoms with E-state index in [1.54, 1.807) is 0 Å². The van der Waals surface area contributed by atoms with Gasteiger partial charge in [0, 0.05) is 6.04 Å². The van der Waals surface area contributed by atoms with Crippen molar-refractivity contribution in [2.24, 2.45) is 16.8 Å². The molecule has 4 heteroatoms. The molecule has 1 aromatic carbocycles. The van der Waals surface area contributed by atoms with Gasteiger partial charge >= 0.3 is 0 Å². The Morgan fingerprint density at radius 1 is 1.24 bits per heavy atom. The number of oxime groups is 1. The lowest BCUT2D eigenvalue weighted by molar-refractivity contribution is -0.0264. The molecule has 1 aromatic rings. The Labute approximate surface area is 100 Å². The summed E-state index contributed by atoms with van der Waals surface area (Å²) in [4.78, 5) is 5.41. The van der Waals surface area contributed by atoms with Crippen LogP contribution in [0.3, 0.4) is 0 Å². The number of nitrogens with zero attached hydrogens (tertiary/aromatic N) is 1. The number of benzene rings is 1. The molecule has 17 heavy (non-hydrogen) atoms. The van der Waals surface area contributed by atoms with Crippen LogP contribution in [0.25, 0.3) is 0 Å². The molecule has 2 aliphatic rings. The van der Waals surface area contributed by atoms with E-state index < -0.39 is 6.10 Å². The van der Waals surface area contributed by atoms with Gasteiger partial charge in [0.25, 0.3) is 0 Å². The highest BCUT2D eigenvalue weighted by Gasteiger charge is 2.46. The Kier molecular flexibility index (Phi) is 2.61. The predicted octanol–water partition coefficient (Wildman–Crippen LogP) is 0.888. The van der Waals surface area contributed by atoms with Crippen molar-refractivity contribution in [3.05, 3.63) is 35.9 Å². The molecule has 1 fully saturated rings. The zero-order chi connectivity index (χ0) is 11.8. The van der Waals surface area contributed by atoms with Crippen molar-refractivity contribution in [1.82, 2.24) is 0 Å². The van der Waals surface area contributed by atoms with Crippen LogP contribution in [0.1, 0.15) is 18.4 Å². The third-order valence-electron chi connectivity index (χ3n) is 3.64. The lowest BCUT2D eigenvalue weighted by Crippen LogP contribution is -2.50. The van der Waals surface area contributed by atoms with E-state index in [2.05, 4.69) is 5.16 Å². The maximum absolute atomic E-state index is 10.1. The second-order valence-corrected chi connectivity index (χ2v) is 4.75. The Hall–Kier alpha value is -1.39. The number of rotatable bonds is 1. The monoisotopic (exact) mass is 232 g/mol. The summed E-state index contributed by atoms with van der Waals surface area (Å²) in [6, 6.07) is 9.81. The van der Waals surface area contributed by atoms with Crippen molar-refractivity contribution in [1.29, 1.82) is 0 Å². The van der Waals surface area contributed by atoms with Gasteiger partial charge in [-0.15, -0.1) is 0 Å². The third kappa shape index (κ3) is 1.73. The molecule has 0 amide bonds. The first kappa shape index (κ1) is 10.7.